The minimum atomic E-state index is -2.14. The van der Waals surface area contributed by atoms with Crippen LogP contribution in [0.4, 0.5) is 34.1 Å². The third-order valence-electron chi connectivity index (χ3n) is 11.6. The van der Waals surface area contributed by atoms with Gasteiger partial charge in [-0.15, -0.1) is 0 Å². The van der Waals surface area contributed by atoms with E-state index < -0.39 is 8.07 Å². The molecule has 0 saturated heterocycles. The van der Waals surface area contributed by atoms with Crippen molar-refractivity contribution in [2.24, 2.45) is 0 Å². The molecule has 0 saturated carbocycles. The Morgan fingerprint density at radius 1 is 0.591 bits per heavy atom. The summed E-state index contributed by atoms with van der Waals surface area (Å²) in [6.45, 7) is 17.2. The van der Waals surface area contributed by atoms with Crippen molar-refractivity contribution in [2.45, 2.75) is 65.0 Å². The molecule has 0 aromatic heterocycles. The van der Waals surface area contributed by atoms with Gasteiger partial charge in [-0.3, -0.25) is 0 Å². The quantitative estimate of drug-likeness (QED) is 0.195. The van der Waals surface area contributed by atoms with Crippen LogP contribution in [0.15, 0.2) is 97.1 Å². The molecule has 4 aliphatic heterocycles. The molecule has 5 aromatic carbocycles. The average molecular weight is 587 g/mol. The summed E-state index contributed by atoms with van der Waals surface area (Å²) < 4.78 is 0. The van der Waals surface area contributed by atoms with Gasteiger partial charge in [0.1, 0.15) is 8.07 Å². The Bertz CT molecular complexity index is 2050. The van der Waals surface area contributed by atoms with Crippen LogP contribution in [0, 0.1) is 6.92 Å². The molecular formula is C40H39BN2Si. The monoisotopic (exact) mass is 586 g/mol. The van der Waals surface area contributed by atoms with Gasteiger partial charge >= 0.3 is 0 Å². The number of nitrogens with zero attached hydrogens (tertiary/aromatic N) is 2. The number of anilines is 6. The number of hydrogen-bond acceptors (Lipinski definition) is 2. The summed E-state index contributed by atoms with van der Waals surface area (Å²) in [6.07, 6.45) is 0. The van der Waals surface area contributed by atoms with Gasteiger partial charge in [-0.2, -0.15) is 0 Å². The van der Waals surface area contributed by atoms with E-state index in [2.05, 4.69) is 155 Å². The Morgan fingerprint density at radius 3 is 1.84 bits per heavy atom. The fourth-order valence-electron chi connectivity index (χ4n) is 9.99. The highest BCUT2D eigenvalue weighted by Gasteiger charge is 2.55. The maximum atomic E-state index is 2.67. The Balaban J connectivity index is 1.46. The van der Waals surface area contributed by atoms with Crippen LogP contribution >= 0.6 is 0 Å². The van der Waals surface area contributed by atoms with Gasteiger partial charge in [-0.1, -0.05) is 114 Å². The van der Waals surface area contributed by atoms with Crippen molar-refractivity contribution in [1.29, 1.82) is 0 Å². The number of fused-ring (bicyclic) bond motifs is 8. The molecule has 0 atom stereocenters. The van der Waals surface area contributed by atoms with E-state index in [4.69, 9.17) is 0 Å². The van der Waals surface area contributed by atoms with E-state index in [1.54, 1.807) is 10.4 Å². The highest BCUT2D eigenvalue weighted by Crippen LogP contribution is 2.54. The van der Waals surface area contributed by atoms with Gasteiger partial charge in [0.15, 0.2) is 0 Å². The summed E-state index contributed by atoms with van der Waals surface area (Å²) in [5.74, 6) is 0. The molecule has 0 unspecified atom stereocenters. The van der Waals surface area contributed by atoms with Crippen LogP contribution in [0.3, 0.4) is 0 Å². The fourth-order valence-corrected chi connectivity index (χ4v) is 16.1. The van der Waals surface area contributed by atoms with Crippen LogP contribution < -0.4 is 36.6 Å². The molecule has 5 aromatic rings. The molecular weight excluding hydrogens is 547 g/mol. The highest BCUT2D eigenvalue weighted by molar-refractivity contribution is 7.08. The van der Waals surface area contributed by atoms with E-state index >= 15 is 0 Å². The number of benzene rings is 5. The predicted octanol–water partition coefficient (Wildman–Crippen LogP) is 7.41. The normalized spacial score (nSPS) is 17.2. The summed E-state index contributed by atoms with van der Waals surface area (Å²) in [4.78, 5) is 5.28. The lowest BCUT2D eigenvalue weighted by molar-refractivity contribution is 0.632. The van der Waals surface area contributed by atoms with E-state index in [0.717, 1.165) is 0 Å². The summed E-state index contributed by atoms with van der Waals surface area (Å²) in [7, 11) is -2.14. The number of aryl methyl sites for hydroxylation is 1. The van der Waals surface area contributed by atoms with Gasteiger partial charge < -0.3 is 9.80 Å². The molecule has 0 N–H and O–H groups in total. The molecule has 4 heterocycles. The highest BCUT2D eigenvalue weighted by atomic mass is 28.3. The SMILES string of the molecule is Cc1cc2c3c(c1)N1c4ccccc4[Si](C(C)C)(C(C)C)c4cccc(c41)B3c1cccc3c1N2c1ccccc1C3(C)C. The number of hydrogen-bond donors (Lipinski definition) is 0. The number of rotatable bonds is 2. The average Bonchev–Trinajstić information content (AvgIpc) is 3.01. The zero-order valence-corrected chi connectivity index (χ0v) is 27.9. The Kier molecular flexibility index (Phi) is 5.14. The molecule has 0 aliphatic carbocycles. The second-order valence-electron chi connectivity index (χ2n) is 14.6. The molecule has 0 spiro atoms. The van der Waals surface area contributed by atoms with Crippen LogP contribution in [0.2, 0.25) is 11.1 Å². The number of para-hydroxylation sites is 4. The van der Waals surface area contributed by atoms with Crippen LogP contribution in [-0.2, 0) is 5.41 Å². The van der Waals surface area contributed by atoms with Gasteiger partial charge in [0.2, 0.25) is 0 Å². The van der Waals surface area contributed by atoms with Crippen LogP contribution in [0.5, 0.6) is 0 Å². The molecule has 4 aliphatic rings. The molecule has 0 fully saturated rings. The Morgan fingerprint density at radius 2 is 1.14 bits per heavy atom. The third-order valence-corrected chi connectivity index (χ3v) is 17.9. The van der Waals surface area contributed by atoms with E-state index in [1.165, 1.54) is 67.2 Å². The first-order valence-electron chi connectivity index (χ1n) is 16.4. The molecule has 44 heavy (non-hydrogen) atoms. The topological polar surface area (TPSA) is 6.48 Å². The smallest absolute Gasteiger partial charge is 0.252 e. The second kappa shape index (κ2) is 8.58. The molecule has 0 bridgehead atoms. The minimum Gasteiger partial charge on any atom is -0.312 e. The zero-order chi connectivity index (χ0) is 30.3. The van der Waals surface area contributed by atoms with Crippen LogP contribution in [-0.4, -0.2) is 14.8 Å². The van der Waals surface area contributed by atoms with Crippen molar-refractivity contribution in [3.05, 3.63) is 114 Å². The third kappa shape index (κ3) is 2.89. The first-order chi connectivity index (χ1) is 21.2. The van der Waals surface area contributed by atoms with Crippen LogP contribution in [0.1, 0.15) is 58.2 Å². The first kappa shape index (κ1) is 26.4. The molecule has 216 valence electrons. The van der Waals surface area contributed by atoms with Crippen molar-refractivity contribution in [3.8, 4) is 0 Å². The lowest BCUT2D eigenvalue weighted by atomic mass is 9.33. The summed E-state index contributed by atoms with van der Waals surface area (Å²) in [6, 6.07) is 37.9. The molecule has 4 heteroatoms. The van der Waals surface area contributed by atoms with E-state index in [-0.39, 0.29) is 12.1 Å². The molecule has 2 nitrogen and oxygen atoms in total. The Hall–Kier alpha value is -4.02. The van der Waals surface area contributed by atoms with Gasteiger partial charge in [0.05, 0.1) is 5.69 Å². The van der Waals surface area contributed by atoms with E-state index in [1.807, 2.05) is 0 Å². The van der Waals surface area contributed by atoms with Crippen molar-refractivity contribution in [3.63, 3.8) is 0 Å². The maximum absolute atomic E-state index is 2.67. The largest absolute Gasteiger partial charge is 0.312 e. The van der Waals surface area contributed by atoms with Crippen molar-refractivity contribution >= 4 is 75.7 Å². The maximum Gasteiger partial charge on any atom is 0.252 e. The van der Waals surface area contributed by atoms with Crippen molar-refractivity contribution < 1.29 is 0 Å². The van der Waals surface area contributed by atoms with Gasteiger partial charge in [0.25, 0.3) is 6.71 Å². The predicted molar refractivity (Wildman–Crippen MR) is 193 cm³/mol. The van der Waals surface area contributed by atoms with Crippen molar-refractivity contribution in [2.75, 3.05) is 9.80 Å². The van der Waals surface area contributed by atoms with Crippen LogP contribution in [0.25, 0.3) is 0 Å². The standard InChI is InChI=1S/C40H39BN2Si/c1-24(2)44(25(3)4)35-20-11-10-19-32(35)43-34-23-26(5)22-33-37(34)41(30-17-13-21-36(44)39(30)43)29-16-12-15-28-38(29)42(33)31-18-9-8-14-27(31)40(28,6)7/h8-25H,1-7H3. The fraction of sp³-hybridized carbons (Fsp3) is 0.250. The lowest BCUT2D eigenvalue weighted by Gasteiger charge is -2.54. The zero-order valence-electron chi connectivity index (χ0n) is 26.9. The second-order valence-corrected chi connectivity index (χ2v) is 19.8. The minimum absolute atomic E-state index is 0.0876. The van der Waals surface area contributed by atoms with Gasteiger partial charge in [0, 0.05) is 33.9 Å². The van der Waals surface area contributed by atoms with Gasteiger partial charge in [-0.05, 0) is 85.7 Å². The van der Waals surface area contributed by atoms with E-state index in [9.17, 15) is 0 Å². The summed E-state index contributed by atoms with van der Waals surface area (Å²) in [5, 5.41) is 3.21. The molecule has 9 rings (SSSR count). The molecule has 0 radical (unpaired) electrons. The molecule has 0 amide bonds. The van der Waals surface area contributed by atoms with Gasteiger partial charge in [-0.25, -0.2) is 0 Å². The Labute approximate surface area is 263 Å². The van der Waals surface area contributed by atoms with Crippen molar-refractivity contribution in [1.82, 2.24) is 0 Å². The van der Waals surface area contributed by atoms with E-state index in [0.29, 0.717) is 11.1 Å². The summed E-state index contributed by atoms with van der Waals surface area (Å²) in [5.41, 5.74) is 17.8. The lowest BCUT2D eigenvalue weighted by Crippen LogP contribution is -2.71. The first-order valence-corrected chi connectivity index (χ1v) is 18.5. The summed E-state index contributed by atoms with van der Waals surface area (Å²) >= 11 is 0.